The smallest absolute Gasteiger partial charge is 0.251 e. The predicted octanol–water partition coefficient (Wildman–Crippen LogP) is 1.79. The highest BCUT2D eigenvalue weighted by molar-refractivity contribution is 5.93. The van der Waals surface area contributed by atoms with Crippen molar-refractivity contribution in [2.45, 2.75) is 38.4 Å². The molecule has 7 nitrogen and oxygen atoms in total. The van der Waals surface area contributed by atoms with Gasteiger partial charge in [0, 0.05) is 31.1 Å². The van der Waals surface area contributed by atoms with Crippen LogP contribution in [0.25, 0.3) is 0 Å². The first-order valence-electron chi connectivity index (χ1n) is 8.89. The Hall–Kier alpha value is -2.28. The molecule has 2 aliphatic heterocycles. The number of fused-ring (bicyclic) bond motifs is 1. The van der Waals surface area contributed by atoms with Crippen molar-refractivity contribution < 1.29 is 19.1 Å². The summed E-state index contributed by atoms with van der Waals surface area (Å²) in [5.74, 6) is 0.863. The first-order chi connectivity index (χ1) is 12.1. The molecule has 1 saturated heterocycles. The van der Waals surface area contributed by atoms with Crippen molar-refractivity contribution in [2.24, 2.45) is 0 Å². The van der Waals surface area contributed by atoms with Crippen molar-refractivity contribution in [1.29, 1.82) is 0 Å². The van der Waals surface area contributed by atoms with Gasteiger partial charge in [0.15, 0.2) is 11.5 Å². The Morgan fingerprint density at radius 3 is 2.72 bits per heavy atom. The van der Waals surface area contributed by atoms with Crippen LogP contribution in [0.1, 0.15) is 32.6 Å². The third-order valence-electron chi connectivity index (χ3n) is 5.02. The molecule has 2 heterocycles. The molecule has 1 aromatic carbocycles. The van der Waals surface area contributed by atoms with Crippen LogP contribution >= 0.6 is 0 Å². The van der Waals surface area contributed by atoms with Crippen molar-refractivity contribution in [3.8, 4) is 11.5 Å². The molecular weight excluding hydrogens is 322 g/mol. The van der Waals surface area contributed by atoms with Crippen molar-refractivity contribution >= 4 is 17.5 Å². The summed E-state index contributed by atoms with van der Waals surface area (Å²) in [6.45, 7) is 3.60. The number of hydrogen-bond donors (Lipinski definition) is 1. The fourth-order valence-corrected chi connectivity index (χ4v) is 3.74. The molecule has 25 heavy (non-hydrogen) atoms. The minimum Gasteiger partial charge on any atom is -0.448 e. The molecule has 3 aliphatic rings. The van der Waals surface area contributed by atoms with Gasteiger partial charge >= 0.3 is 0 Å². The maximum absolute atomic E-state index is 12.3. The van der Waals surface area contributed by atoms with Gasteiger partial charge < -0.3 is 19.7 Å². The van der Waals surface area contributed by atoms with Gasteiger partial charge in [-0.2, -0.15) is 0 Å². The lowest BCUT2D eigenvalue weighted by molar-refractivity contribution is -0.126. The highest BCUT2D eigenvalue weighted by atomic mass is 16.7. The standard InChI is InChI=1S/C18H23N3O4/c1-2-21-12-20(11-17(21)23)10-16(22)19-13-5-6-14-15(9-13)25-18(24-14)7-3-4-8-18/h5-6,9H,2-4,7-8,10-12H2,1H3,(H,19,22). The zero-order valence-corrected chi connectivity index (χ0v) is 14.4. The van der Waals surface area contributed by atoms with Crippen LogP contribution in [0, 0.1) is 0 Å². The van der Waals surface area contributed by atoms with Crippen LogP contribution in [0.3, 0.4) is 0 Å². The van der Waals surface area contributed by atoms with E-state index in [0.717, 1.165) is 31.4 Å². The van der Waals surface area contributed by atoms with E-state index in [-0.39, 0.29) is 18.4 Å². The maximum Gasteiger partial charge on any atom is 0.251 e. The van der Waals surface area contributed by atoms with Crippen LogP contribution in [0.4, 0.5) is 5.69 Å². The van der Waals surface area contributed by atoms with Gasteiger partial charge in [0.05, 0.1) is 19.8 Å². The quantitative estimate of drug-likeness (QED) is 0.901. The molecule has 2 amide bonds. The minimum absolute atomic E-state index is 0.0697. The molecule has 1 N–H and O–H groups in total. The lowest BCUT2D eigenvalue weighted by atomic mass is 10.2. The average Bonchev–Trinajstić information content (AvgIpc) is 3.26. The molecule has 7 heteroatoms. The van der Waals surface area contributed by atoms with E-state index in [1.165, 1.54) is 0 Å². The lowest BCUT2D eigenvalue weighted by Gasteiger charge is -2.21. The SMILES string of the molecule is CCN1CN(CC(=O)Nc2ccc3c(c2)OC2(CCCC2)O3)CC1=O. The van der Waals surface area contributed by atoms with Gasteiger partial charge in [-0.1, -0.05) is 0 Å². The van der Waals surface area contributed by atoms with E-state index in [2.05, 4.69) is 5.32 Å². The Balaban J connectivity index is 1.36. The summed E-state index contributed by atoms with van der Waals surface area (Å²) in [6.07, 6.45) is 4.03. The first-order valence-corrected chi connectivity index (χ1v) is 8.89. The Bertz CT molecular complexity index is 700. The molecule has 1 aromatic rings. The molecule has 1 saturated carbocycles. The van der Waals surface area contributed by atoms with Crippen LogP contribution in [0.2, 0.25) is 0 Å². The number of carbonyl (C=O) groups excluding carboxylic acids is 2. The summed E-state index contributed by atoms with van der Waals surface area (Å²) < 4.78 is 12.0. The second kappa shape index (κ2) is 6.22. The number of rotatable bonds is 4. The van der Waals surface area contributed by atoms with E-state index in [0.29, 0.717) is 31.2 Å². The Morgan fingerprint density at radius 1 is 1.24 bits per heavy atom. The number of likely N-dealkylation sites (N-methyl/N-ethyl adjacent to an activating group) is 1. The number of amides is 2. The zero-order valence-electron chi connectivity index (χ0n) is 14.4. The predicted molar refractivity (Wildman–Crippen MR) is 91.4 cm³/mol. The largest absolute Gasteiger partial charge is 0.448 e. The summed E-state index contributed by atoms with van der Waals surface area (Å²) in [7, 11) is 0. The Labute approximate surface area is 146 Å². The summed E-state index contributed by atoms with van der Waals surface area (Å²) in [4.78, 5) is 27.6. The highest BCUT2D eigenvalue weighted by Crippen LogP contribution is 2.47. The van der Waals surface area contributed by atoms with Crippen molar-refractivity contribution in [3.05, 3.63) is 18.2 Å². The van der Waals surface area contributed by atoms with Crippen LogP contribution in [0.15, 0.2) is 18.2 Å². The molecule has 134 valence electrons. The number of nitrogens with one attached hydrogen (secondary N) is 1. The van der Waals surface area contributed by atoms with Gasteiger partial charge in [-0.15, -0.1) is 0 Å². The summed E-state index contributed by atoms with van der Waals surface area (Å²) in [5, 5.41) is 2.88. The van der Waals surface area contributed by atoms with Crippen molar-refractivity contribution in [3.63, 3.8) is 0 Å². The number of carbonyl (C=O) groups is 2. The molecule has 0 bridgehead atoms. The van der Waals surface area contributed by atoms with E-state index in [1.807, 2.05) is 30.0 Å². The number of nitrogens with zero attached hydrogens (tertiary/aromatic N) is 2. The number of benzene rings is 1. The minimum atomic E-state index is -0.496. The molecule has 1 aliphatic carbocycles. The second-order valence-corrected chi connectivity index (χ2v) is 6.91. The fourth-order valence-electron chi connectivity index (χ4n) is 3.74. The van der Waals surface area contributed by atoms with E-state index in [9.17, 15) is 9.59 Å². The van der Waals surface area contributed by atoms with E-state index >= 15 is 0 Å². The first kappa shape index (κ1) is 16.2. The third kappa shape index (κ3) is 3.16. The highest BCUT2D eigenvalue weighted by Gasteiger charge is 2.44. The fraction of sp³-hybridized carbons (Fsp3) is 0.556. The molecule has 0 unspecified atom stereocenters. The number of hydrogen-bond acceptors (Lipinski definition) is 5. The van der Waals surface area contributed by atoms with E-state index in [4.69, 9.17) is 9.47 Å². The lowest BCUT2D eigenvalue weighted by Crippen LogP contribution is -2.34. The van der Waals surface area contributed by atoms with Crippen molar-refractivity contribution in [1.82, 2.24) is 9.80 Å². The topological polar surface area (TPSA) is 71.1 Å². The summed E-state index contributed by atoms with van der Waals surface area (Å²) in [5.41, 5.74) is 0.681. The molecule has 1 spiro atoms. The van der Waals surface area contributed by atoms with Crippen LogP contribution in [0.5, 0.6) is 11.5 Å². The monoisotopic (exact) mass is 345 g/mol. The number of ether oxygens (including phenoxy) is 2. The maximum atomic E-state index is 12.3. The third-order valence-corrected chi connectivity index (χ3v) is 5.02. The number of anilines is 1. The molecule has 2 fully saturated rings. The Kier molecular flexibility index (Phi) is 4.03. The molecule has 0 radical (unpaired) electrons. The summed E-state index contributed by atoms with van der Waals surface area (Å²) >= 11 is 0. The van der Waals surface area contributed by atoms with Crippen LogP contribution in [-0.2, 0) is 9.59 Å². The van der Waals surface area contributed by atoms with E-state index in [1.54, 1.807) is 4.90 Å². The van der Waals surface area contributed by atoms with E-state index < -0.39 is 5.79 Å². The van der Waals surface area contributed by atoms with Gasteiger partial charge in [0.25, 0.3) is 5.79 Å². The van der Waals surface area contributed by atoms with Gasteiger partial charge in [-0.25, -0.2) is 0 Å². The molecule has 0 aromatic heterocycles. The molecule has 0 atom stereocenters. The van der Waals surface area contributed by atoms with Crippen LogP contribution < -0.4 is 14.8 Å². The van der Waals surface area contributed by atoms with Gasteiger partial charge in [0.2, 0.25) is 11.8 Å². The van der Waals surface area contributed by atoms with Crippen molar-refractivity contribution in [2.75, 3.05) is 31.6 Å². The Morgan fingerprint density at radius 2 is 2.00 bits per heavy atom. The normalized spacial score (nSPS) is 21.3. The average molecular weight is 345 g/mol. The van der Waals surface area contributed by atoms with Gasteiger partial charge in [0.1, 0.15) is 0 Å². The molecular formula is C18H23N3O4. The second-order valence-electron chi connectivity index (χ2n) is 6.91. The van der Waals surface area contributed by atoms with Gasteiger partial charge in [-0.05, 0) is 31.9 Å². The van der Waals surface area contributed by atoms with Crippen LogP contribution in [-0.4, -0.2) is 53.7 Å². The zero-order chi connectivity index (χ0) is 17.4. The summed E-state index contributed by atoms with van der Waals surface area (Å²) in [6, 6.07) is 5.48. The molecule has 4 rings (SSSR count). The van der Waals surface area contributed by atoms with Gasteiger partial charge in [-0.3, -0.25) is 14.5 Å².